The first-order valence-electron chi connectivity index (χ1n) is 5.36. The van der Waals surface area contributed by atoms with Crippen molar-refractivity contribution in [2.24, 2.45) is 5.92 Å². The Morgan fingerprint density at radius 2 is 2.17 bits per heavy atom. The quantitative estimate of drug-likeness (QED) is 0.463. The second-order valence-electron chi connectivity index (χ2n) is 4.03. The number of hydrogen-bond donors (Lipinski definition) is 0. The molecule has 0 spiro atoms. The van der Waals surface area contributed by atoms with Gasteiger partial charge in [-0.05, 0) is 23.8 Å². The minimum atomic E-state index is -0.539. The van der Waals surface area contributed by atoms with E-state index in [0.29, 0.717) is 11.1 Å². The number of carbonyl (C=O) groups is 1. The highest BCUT2D eigenvalue weighted by atomic mass is 16.6. The molecule has 0 atom stereocenters. The van der Waals surface area contributed by atoms with Crippen LogP contribution in [0.15, 0.2) is 24.3 Å². The van der Waals surface area contributed by atoms with Crippen LogP contribution in [0.4, 0.5) is 5.69 Å². The summed E-state index contributed by atoms with van der Waals surface area (Å²) in [6.07, 6.45) is 2.78. The van der Waals surface area contributed by atoms with Crippen LogP contribution in [-0.4, -0.2) is 10.7 Å². The zero-order valence-corrected chi connectivity index (χ0v) is 10.1. The third-order valence-corrected chi connectivity index (χ3v) is 2.36. The minimum Gasteiger partial charge on any atom is -0.295 e. The number of nitro groups is 1. The standard InChI is InChI=1S/C13H12N2O3/c1-9(2)13(16)6-4-10-7-12(15(17)18)5-3-11(10)8-14/h3-7,9H,1-2H3/b6-4+. The van der Waals surface area contributed by atoms with Crippen LogP contribution in [-0.2, 0) is 4.79 Å². The molecule has 0 N–H and O–H groups in total. The van der Waals surface area contributed by atoms with Crippen LogP contribution < -0.4 is 0 Å². The summed E-state index contributed by atoms with van der Waals surface area (Å²) in [5.74, 6) is -0.240. The number of nitriles is 1. The lowest BCUT2D eigenvalue weighted by atomic mass is 10.0. The van der Waals surface area contributed by atoms with Crippen LogP contribution in [0.2, 0.25) is 0 Å². The number of nitro benzene ring substituents is 1. The van der Waals surface area contributed by atoms with Gasteiger partial charge in [-0.1, -0.05) is 13.8 Å². The Kier molecular flexibility index (Phi) is 4.33. The maximum absolute atomic E-state index is 11.4. The molecule has 1 aromatic carbocycles. The van der Waals surface area contributed by atoms with Crippen molar-refractivity contribution in [1.82, 2.24) is 0 Å². The van der Waals surface area contributed by atoms with E-state index >= 15 is 0 Å². The predicted octanol–water partition coefficient (Wildman–Crippen LogP) is 2.70. The smallest absolute Gasteiger partial charge is 0.270 e. The molecule has 1 rings (SSSR count). The van der Waals surface area contributed by atoms with Gasteiger partial charge in [0.2, 0.25) is 0 Å². The molecule has 5 nitrogen and oxygen atoms in total. The van der Waals surface area contributed by atoms with Crippen molar-refractivity contribution in [3.05, 3.63) is 45.5 Å². The van der Waals surface area contributed by atoms with Gasteiger partial charge in [0.25, 0.3) is 5.69 Å². The van der Waals surface area contributed by atoms with E-state index < -0.39 is 4.92 Å². The van der Waals surface area contributed by atoms with E-state index in [2.05, 4.69) is 0 Å². The highest BCUT2D eigenvalue weighted by Crippen LogP contribution is 2.18. The van der Waals surface area contributed by atoms with Gasteiger partial charge in [0.1, 0.15) is 0 Å². The van der Waals surface area contributed by atoms with Crippen molar-refractivity contribution < 1.29 is 9.72 Å². The zero-order valence-electron chi connectivity index (χ0n) is 10.1. The number of nitrogens with zero attached hydrogens (tertiary/aromatic N) is 2. The molecule has 18 heavy (non-hydrogen) atoms. The van der Waals surface area contributed by atoms with Crippen LogP contribution in [0.5, 0.6) is 0 Å². The van der Waals surface area contributed by atoms with Gasteiger partial charge in [-0.2, -0.15) is 5.26 Å². The van der Waals surface area contributed by atoms with Crippen LogP contribution in [0.1, 0.15) is 25.0 Å². The second-order valence-corrected chi connectivity index (χ2v) is 4.03. The van der Waals surface area contributed by atoms with Crippen molar-refractivity contribution >= 4 is 17.5 Å². The number of carbonyl (C=O) groups excluding carboxylic acids is 1. The summed E-state index contributed by atoms with van der Waals surface area (Å²) in [5.41, 5.74) is 0.569. The van der Waals surface area contributed by atoms with E-state index in [1.807, 2.05) is 6.07 Å². The maximum atomic E-state index is 11.4. The van der Waals surface area contributed by atoms with Crippen molar-refractivity contribution in [2.75, 3.05) is 0 Å². The van der Waals surface area contributed by atoms with Crippen LogP contribution in [0, 0.1) is 27.4 Å². The predicted molar refractivity (Wildman–Crippen MR) is 66.7 cm³/mol. The lowest BCUT2D eigenvalue weighted by Gasteiger charge is -1.99. The van der Waals surface area contributed by atoms with E-state index in [1.165, 1.54) is 30.4 Å². The Hall–Kier alpha value is -2.48. The molecule has 0 saturated carbocycles. The molecule has 0 heterocycles. The van der Waals surface area contributed by atoms with E-state index in [-0.39, 0.29) is 17.4 Å². The van der Waals surface area contributed by atoms with Gasteiger partial charge in [0.05, 0.1) is 16.6 Å². The first kappa shape index (κ1) is 13.6. The summed E-state index contributed by atoms with van der Waals surface area (Å²) in [6.45, 7) is 3.51. The number of allylic oxidation sites excluding steroid dienone is 1. The summed E-state index contributed by atoms with van der Waals surface area (Å²) in [6, 6.07) is 5.85. The van der Waals surface area contributed by atoms with Gasteiger partial charge in [-0.25, -0.2) is 0 Å². The molecule has 0 aliphatic rings. The fourth-order valence-corrected chi connectivity index (χ4v) is 1.27. The largest absolute Gasteiger partial charge is 0.295 e. The minimum absolute atomic E-state index is 0.0922. The fraction of sp³-hybridized carbons (Fsp3) is 0.231. The molecule has 0 aromatic heterocycles. The third-order valence-electron chi connectivity index (χ3n) is 2.36. The Morgan fingerprint density at radius 1 is 1.50 bits per heavy atom. The molecular weight excluding hydrogens is 232 g/mol. The molecule has 0 bridgehead atoms. The van der Waals surface area contributed by atoms with Gasteiger partial charge in [-0.15, -0.1) is 0 Å². The summed E-state index contributed by atoms with van der Waals surface area (Å²) in [4.78, 5) is 21.5. The normalized spacial score (nSPS) is 10.6. The molecule has 5 heteroatoms. The van der Waals surface area contributed by atoms with Gasteiger partial charge < -0.3 is 0 Å². The van der Waals surface area contributed by atoms with E-state index in [4.69, 9.17) is 5.26 Å². The average molecular weight is 244 g/mol. The Morgan fingerprint density at radius 3 is 2.67 bits per heavy atom. The molecule has 0 aliphatic carbocycles. The van der Waals surface area contributed by atoms with Gasteiger partial charge in [0, 0.05) is 18.1 Å². The van der Waals surface area contributed by atoms with Crippen molar-refractivity contribution in [3.8, 4) is 6.07 Å². The SMILES string of the molecule is CC(C)C(=O)/C=C/c1cc([N+](=O)[O-])ccc1C#N. The van der Waals surface area contributed by atoms with Gasteiger partial charge in [-0.3, -0.25) is 14.9 Å². The molecule has 0 fully saturated rings. The molecule has 0 unspecified atom stereocenters. The van der Waals surface area contributed by atoms with Crippen molar-refractivity contribution in [1.29, 1.82) is 5.26 Å². The number of rotatable bonds is 4. The fourth-order valence-electron chi connectivity index (χ4n) is 1.27. The van der Waals surface area contributed by atoms with Gasteiger partial charge >= 0.3 is 0 Å². The summed E-state index contributed by atoms with van der Waals surface area (Å²) >= 11 is 0. The topological polar surface area (TPSA) is 84.0 Å². The molecule has 0 saturated heterocycles. The highest BCUT2D eigenvalue weighted by Gasteiger charge is 2.09. The number of ketones is 1. The Balaban J connectivity index is 3.14. The molecule has 0 aliphatic heterocycles. The van der Waals surface area contributed by atoms with Crippen molar-refractivity contribution in [2.45, 2.75) is 13.8 Å². The first-order valence-corrected chi connectivity index (χ1v) is 5.36. The summed E-state index contributed by atoms with van der Waals surface area (Å²) in [7, 11) is 0. The van der Waals surface area contributed by atoms with E-state index in [1.54, 1.807) is 13.8 Å². The lowest BCUT2D eigenvalue weighted by molar-refractivity contribution is -0.384. The van der Waals surface area contributed by atoms with Crippen LogP contribution in [0.3, 0.4) is 0 Å². The molecular formula is C13H12N2O3. The summed E-state index contributed by atoms with van der Waals surface area (Å²) < 4.78 is 0. The third kappa shape index (κ3) is 3.25. The van der Waals surface area contributed by atoms with E-state index in [0.717, 1.165) is 0 Å². The highest BCUT2D eigenvalue weighted by molar-refractivity contribution is 5.95. The number of non-ortho nitro benzene ring substituents is 1. The monoisotopic (exact) mass is 244 g/mol. The molecule has 0 radical (unpaired) electrons. The Labute approximate surface area is 105 Å². The van der Waals surface area contributed by atoms with Crippen molar-refractivity contribution in [3.63, 3.8) is 0 Å². The zero-order chi connectivity index (χ0) is 13.7. The first-order chi connectivity index (χ1) is 8.45. The van der Waals surface area contributed by atoms with Gasteiger partial charge in [0.15, 0.2) is 5.78 Å². The maximum Gasteiger partial charge on any atom is 0.270 e. The lowest BCUT2D eigenvalue weighted by Crippen LogP contribution is -2.02. The average Bonchev–Trinajstić information content (AvgIpc) is 2.35. The second kappa shape index (κ2) is 5.73. The van der Waals surface area contributed by atoms with E-state index in [9.17, 15) is 14.9 Å². The summed E-state index contributed by atoms with van der Waals surface area (Å²) in [5, 5.41) is 19.5. The number of hydrogen-bond acceptors (Lipinski definition) is 4. The Bertz CT molecular complexity index is 554. The van der Waals surface area contributed by atoms with Crippen LogP contribution in [0.25, 0.3) is 6.08 Å². The molecule has 0 amide bonds. The molecule has 1 aromatic rings. The molecule has 92 valence electrons. The van der Waals surface area contributed by atoms with Crippen LogP contribution >= 0.6 is 0 Å². The number of benzene rings is 1.